The van der Waals surface area contributed by atoms with Gasteiger partial charge >= 0.3 is 0 Å². The Labute approximate surface area is 128 Å². The predicted molar refractivity (Wildman–Crippen MR) is 82.0 cm³/mol. The first-order valence-electron chi connectivity index (χ1n) is 6.97. The van der Waals surface area contributed by atoms with Gasteiger partial charge in [-0.15, -0.1) is 0 Å². The number of rotatable bonds is 4. The highest BCUT2D eigenvalue weighted by Crippen LogP contribution is 2.43. The second kappa shape index (κ2) is 5.44. The summed E-state index contributed by atoms with van der Waals surface area (Å²) in [5.74, 6) is -0.114. The van der Waals surface area contributed by atoms with E-state index in [9.17, 15) is 9.59 Å². The third-order valence-corrected chi connectivity index (χ3v) is 4.19. The Morgan fingerprint density at radius 3 is 2.48 bits per heavy atom. The maximum Gasteiger partial charge on any atom is 0.237 e. The molecule has 0 radical (unpaired) electrons. The molecule has 21 heavy (non-hydrogen) atoms. The molecule has 1 heterocycles. The van der Waals surface area contributed by atoms with Gasteiger partial charge < -0.3 is 10.5 Å². The highest BCUT2D eigenvalue weighted by atomic mass is 32.1. The van der Waals surface area contributed by atoms with E-state index in [1.165, 1.54) is 4.90 Å². The van der Waals surface area contributed by atoms with Crippen LogP contribution in [0.2, 0.25) is 0 Å². The fraction of sp³-hybridized carbons (Fsp3) is 0.400. The third kappa shape index (κ3) is 2.40. The molecule has 1 aliphatic heterocycles. The fourth-order valence-electron chi connectivity index (χ4n) is 3.14. The first-order chi connectivity index (χ1) is 10.1. The molecule has 2 atom stereocenters. The number of imide groups is 1. The van der Waals surface area contributed by atoms with Gasteiger partial charge in [0.1, 0.15) is 17.3 Å². The molecule has 2 fully saturated rings. The summed E-state index contributed by atoms with van der Waals surface area (Å²) in [6.45, 7) is 0.0788. The molecule has 0 bridgehead atoms. The van der Waals surface area contributed by atoms with Gasteiger partial charge in [-0.25, -0.2) is 4.90 Å². The van der Waals surface area contributed by atoms with Gasteiger partial charge in [0.15, 0.2) is 0 Å². The van der Waals surface area contributed by atoms with Crippen LogP contribution in [0.15, 0.2) is 24.3 Å². The molecule has 2 N–H and O–H groups in total. The zero-order valence-electron chi connectivity index (χ0n) is 11.5. The number of thiocarbonyl (C=S) groups is 1. The Balaban J connectivity index is 1.92. The molecule has 2 amide bonds. The molecule has 3 rings (SSSR count). The molecule has 5 nitrogen and oxygen atoms in total. The summed E-state index contributed by atoms with van der Waals surface area (Å²) in [5.41, 5.74) is 5.92. The molecule has 2 aliphatic rings. The Kier molecular flexibility index (Phi) is 3.63. The van der Waals surface area contributed by atoms with Crippen LogP contribution in [0.3, 0.4) is 0 Å². The molecule has 6 heteroatoms. The first-order valence-corrected chi connectivity index (χ1v) is 7.38. The molecule has 1 aromatic carbocycles. The van der Waals surface area contributed by atoms with E-state index in [0.29, 0.717) is 11.4 Å². The highest BCUT2D eigenvalue weighted by molar-refractivity contribution is 7.80. The Hall–Kier alpha value is -1.95. The van der Waals surface area contributed by atoms with E-state index in [0.717, 1.165) is 19.3 Å². The average Bonchev–Trinajstić information content (AvgIpc) is 3.02. The van der Waals surface area contributed by atoms with Crippen molar-refractivity contribution >= 4 is 34.7 Å². The van der Waals surface area contributed by atoms with Crippen LogP contribution in [-0.4, -0.2) is 23.4 Å². The molecule has 1 saturated carbocycles. The SMILES string of the molecule is NC(=S)COc1ccccc1N1C(=O)C2CCCC2C1=O. The van der Waals surface area contributed by atoms with Crippen LogP contribution in [0.25, 0.3) is 0 Å². The van der Waals surface area contributed by atoms with Crippen LogP contribution in [0.4, 0.5) is 5.69 Å². The number of nitrogens with zero attached hydrogens (tertiary/aromatic N) is 1. The van der Waals surface area contributed by atoms with Crippen LogP contribution < -0.4 is 15.4 Å². The van der Waals surface area contributed by atoms with Gasteiger partial charge in [-0.2, -0.15) is 0 Å². The van der Waals surface area contributed by atoms with Gasteiger partial charge in [-0.3, -0.25) is 9.59 Å². The number of nitrogens with two attached hydrogens (primary N) is 1. The zero-order chi connectivity index (χ0) is 15.0. The largest absolute Gasteiger partial charge is 0.484 e. The first kappa shape index (κ1) is 14.0. The number of carbonyl (C=O) groups is 2. The normalized spacial score (nSPS) is 24.3. The average molecular weight is 304 g/mol. The zero-order valence-corrected chi connectivity index (χ0v) is 12.3. The van der Waals surface area contributed by atoms with Crippen molar-refractivity contribution < 1.29 is 14.3 Å². The van der Waals surface area contributed by atoms with Crippen molar-refractivity contribution in [1.82, 2.24) is 0 Å². The van der Waals surface area contributed by atoms with Crippen LogP contribution in [0, 0.1) is 11.8 Å². The van der Waals surface area contributed by atoms with E-state index in [1.807, 2.05) is 0 Å². The summed E-state index contributed by atoms with van der Waals surface area (Å²) >= 11 is 4.79. The van der Waals surface area contributed by atoms with Crippen molar-refractivity contribution in [1.29, 1.82) is 0 Å². The standard InChI is InChI=1S/C15H16N2O3S/c16-13(21)8-20-12-7-2-1-6-11(12)17-14(18)9-4-3-5-10(9)15(17)19/h1-2,6-7,9-10H,3-5,8H2,(H2,16,21). The summed E-state index contributed by atoms with van der Waals surface area (Å²) in [6, 6.07) is 6.98. The summed E-state index contributed by atoms with van der Waals surface area (Å²) in [6.07, 6.45) is 2.53. The summed E-state index contributed by atoms with van der Waals surface area (Å²) in [4.78, 5) is 26.5. The van der Waals surface area contributed by atoms with Gasteiger partial charge in [-0.05, 0) is 25.0 Å². The molecule has 0 spiro atoms. The number of benzene rings is 1. The van der Waals surface area contributed by atoms with Gasteiger partial charge in [-0.1, -0.05) is 30.8 Å². The summed E-state index contributed by atoms with van der Waals surface area (Å²) < 4.78 is 5.52. The number of ether oxygens (including phenoxy) is 1. The topological polar surface area (TPSA) is 72.6 Å². The summed E-state index contributed by atoms with van der Waals surface area (Å²) in [5, 5.41) is 0. The number of carbonyl (C=O) groups excluding carboxylic acids is 2. The van der Waals surface area contributed by atoms with Gasteiger partial charge in [0.2, 0.25) is 11.8 Å². The Morgan fingerprint density at radius 2 is 1.86 bits per heavy atom. The minimum Gasteiger partial charge on any atom is -0.484 e. The number of amides is 2. The maximum absolute atomic E-state index is 12.5. The van der Waals surface area contributed by atoms with Crippen LogP contribution in [0.5, 0.6) is 5.75 Å². The lowest BCUT2D eigenvalue weighted by atomic mass is 10.00. The molecule has 1 saturated heterocycles. The van der Waals surface area contributed by atoms with E-state index in [4.69, 9.17) is 22.7 Å². The van der Waals surface area contributed by atoms with Gasteiger partial charge in [0.05, 0.1) is 17.5 Å². The lowest BCUT2D eigenvalue weighted by molar-refractivity contribution is -0.122. The molecule has 2 unspecified atom stereocenters. The Bertz CT molecular complexity index is 595. The summed E-state index contributed by atoms with van der Waals surface area (Å²) in [7, 11) is 0. The van der Waals surface area contributed by atoms with Crippen molar-refractivity contribution in [2.24, 2.45) is 17.6 Å². The van der Waals surface area contributed by atoms with Crippen LogP contribution in [-0.2, 0) is 9.59 Å². The van der Waals surface area contributed by atoms with Crippen molar-refractivity contribution in [2.45, 2.75) is 19.3 Å². The lowest BCUT2D eigenvalue weighted by Crippen LogP contribution is -2.32. The van der Waals surface area contributed by atoms with Gasteiger partial charge in [0.25, 0.3) is 0 Å². The molecule has 1 aromatic rings. The highest BCUT2D eigenvalue weighted by Gasteiger charge is 2.50. The van der Waals surface area contributed by atoms with Crippen molar-refractivity contribution in [3.05, 3.63) is 24.3 Å². The third-order valence-electron chi connectivity index (χ3n) is 4.07. The van der Waals surface area contributed by atoms with E-state index in [1.54, 1.807) is 24.3 Å². The Morgan fingerprint density at radius 1 is 1.24 bits per heavy atom. The van der Waals surface area contributed by atoms with Crippen LogP contribution in [0.1, 0.15) is 19.3 Å². The van der Waals surface area contributed by atoms with E-state index in [2.05, 4.69) is 0 Å². The number of hydrogen-bond donors (Lipinski definition) is 1. The van der Waals surface area contributed by atoms with E-state index >= 15 is 0 Å². The number of fused-ring (bicyclic) bond motifs is 1. The second-order valence-corrected chi connectivity index (χ2v) is 5.90. The van der Waals surface area contributed by atoms with Crippen molar-refractivity contribution in [2.75, 3.05) is 11.5 Å². The molecule has 1 aliphatic carbocycles. The van der Waals surface area contributed by atoms with Crippen LogP contribution >= 0.6 is 12.2 Å². The molecule has 0 aromatic heterocycles. The smallest absolute Gasteiger partial charge is 0.237 e. The molecular weight excluding hydrogens is 288 g/mol. The quantitative estimate of drug-likeness (QED) is 0.676. The fourth-order valence-corrected chi connectivity index (χ4v) is 3.20. The predicted octanol–water partition coefficient (Wildman–Crippen LogP) is 1.64. The number of hydrogen-bond acceptors (Lipinski definition) is 4. The molecular formula is C15H16N2O3S. The number of anilines is 1. The monoisotopic (exact) mass is 304 g/mol. The number of para-hydroxylation sites is 2. The lowest BCUT2D eigenvalue weighted by Gasteiger charge is -2.19. The van der Waals surface area contributed by atoms with E-state index < -0.39 is 0 Å². The minimum atomic E-state index is -0.166. The second-order valence-electron chi connectivity index (χ2n) is 5.38. The molecule has 110 valence electrons. The minimum absolute atomic E-state index is 0.0788. The van der Waals surface area contributed by atoms with E-state index in [-0.39, 0.29) is 35.2 Å². The van der Waals surface area contributed by atoms with Crippen molar-refractivity contribution in [3.63, 3.8) is 0 Å². The van der Waals surface area contributed by atoms with Gasteiger partial charge in [0, 0.05) is 0 Å². The maximum atomic E-state index is 12.5. The van der Waals surface area contributed by atoms with Crippen molar-refractivity contribution in [3.8, 4) is 5.75 Å².